The molecule has 7 heteroatoms. The third-order valence-corrected chi connectivity index (χ3v) is 2.34. The van der Waals surface area contributed by atoms with Gasteiger partial charge in [0.1, 0.15) is 0 Å². The average Bonchev–Trinajstić information content (AvgIpc) is 2.35. The molecule has 0 bridgehead atoms. The number of nitrogens with zero attached hydrogens (tertiary/aromatic N) is 2. The second kappa shape index (κ2) is 6.94. The van der Waals surface area contributed by atoms with Crippen molar-refractivity contribution in [2.45, 2.75) is 11.0 Å². The number of hydrogen-bond donors (Lipinski definition) is 0. The molecule has 100 valence electrons. The van der Waals surface area contributed by atoms with E-state index >= 15 is 0 Å². The molecule has 0 aromatic heterocycles. The van der Waals surface area contributed by atoms with Gasteiger partial charge in [0.05, 0.1) is 17.2 Å². The number of benzene rings is 1. The molecular weight excluding hydrogens is 363 g/mol. The predicted octanol–water partition coefficient (Wildman–Crippen LogP) is 2.95. The molecule has 0 aliphatic heterocycles. The maximum absolute atomic E-state index is 11.9. The van der Waals surface area contributed by atoms with Crippen molar-refractivity contribution in [1.82, 2.24) is 0 Å². The van der Waals surface area contributed by atoms with Crippen LogP contribution in [0.3, 0.4) is 0 Å². The van der Waals surface area contributed by atoms with Gasteiger partial charge < -0.3 is 4.74 Å². The number of carbonyl (C=O) groups excluding carboxylic acids is 1. The van der Waals surface area contributed by atoms with Crippen molar-refractivity contribution in [3.8, 4) is 12.3 Å². The number of non-ortho nitro benzene ring substituents is 1. The summed E-state index contributed by atoms with van der Waals surface area (Å²) in [5.41, 5.74) is 0.212. The lowest BCUT2D eigenvalue weighted by molar-refractivity contribution is -0.384. The van der Waals surface area contributed by atoms with E-state index in [2.05, 4.69) is 5.92 Å². The van der Waals surface area contributed by atoms with Gasteiger partial charge in [-0.15, -0.1) is 6.42 Å². The largest absolute Gasteiger partial charge is 0.435 e. The van der Waals surface area contributed by atoms with Gasteiger partial charge in [-0.25, -0.2) is 4.79 Å². The van der Waals surface area contributed by atoms with Crippen LogP contribution in [-0.2, 0) is 4.74 Å². The van der Waals surface area contributed by atoms with Crippen LogP contribution in [0.2, 0.25) is 0 Å². The highest BCUT2D eigenvalue weighted by molar-refractivity contribution is 14.1. The molecular formula is C12H11IN2O4. The van der Waals surface area contributed by atoms with Crippen LogP contribution in [0.15, 0.2) is 24.3 Å². The SMILES string of the molecule is C#CCN(C(=O)OC(C)I)c1cccc([N+](=O)[O-])c1. The van der Waals surface area contributed by atoms with Gasteiger partial charge in [-0.05, 0) is 35.6 Å². The first-order valence-corrected chi connectivity index (χ1v) is 6.50. The van der Waals surface area contributed by atoms with Gasteiger partial charge in [0.25, 0.3) is 5.69 Å². The smallest absolute Gasteiger partial charge is 0.416 e. The van der Waals surface area contributed by atoms with E-state index < -0.39 is 11.0 Å². The number of nitro groups is 1. The number of halogens is 1. The topological polar surface area (TPSA) is 72.7 Å². The molecule has 1 aromatic rings. The fourth-order valence-electron chi connectivity index (χ4n) is 1.33. The van der Waals surface area contributed by atoms with Crippen LogP contribution in [0.1, 0.15) is 6.92 Å². The summed E-state index contributed by atoms with van der Waals surface area (Å²) in [4.78, 5) is 23.2. The van der Waals surface area contributed by atoms with Gasteiger partial charge in [-0.2, -0.15) is 0 Å². The third kappa shape index (κ3) is 4.40. The molecule has 0 aliphatic rings. The van der Waals surface area contributed by atoms with E-state index in [9.17, 15) is 14.9 Å². The minimum absolute atomic E-state index is 0.0244. The minimum atomic E-state index is -0.639. The van der Waals surface area contributed by atoms with Crippen molar-refractivity contribution in [2.24, 2.45) is 0 Å². The zero-order valence-electron chi connectivity index (χ0n) is 10.1. The molecule has 6 nitrogen and oxygen atoms in total. The molecule has 0 radical (unpaired) electrons. The van der Waals surface area contributed by atoms with Crippen LogP contribution in [0.4, 0.5) is 16.2 Å². The molecule has 0 aliphatic carbocycles. The average molecular weight is 374 g/mol. The number of amides is 1. The maximum Gasteiger partial charge on any atom is 0.416 e. The third-order valence-electron chi connectivity index (χ3n) is 2.09. The van der Waals surface area contributed by atoms with Crippen molar-refractivity contribution in [1.29, 1.82) is 0 Å². The number of rotatable bonds is 4. The standard InChI is InChI=1S/C12H11IN2O4/c1-3-7-14(12(16)19-9(2)13)10-5-4-6-11(8-10)15(17)18/h1,4-6,8-9H,7H2,2H3. The quantitative estimate of drug-likeness (QED) is 0.267. The van der Waals surface area contributed by atoms with Crippen LogP contribution < -0.4 is 4.90 Å². The lowest BCUT2D eigenvalue weighted by Crippen LogP contribution is -2.33. The number of anilines is 1. The summed E-state index contributed by atoms with van der Waals surface area (Å²) in [7, 11) is 0. The number of nitro benzene ring substituents is 1. The Morgan fingerprint density at radius 2 is 2.37 bits per heavy atom. The molecule has 1 aromatic carbocycles. The first-order chi connectivity index (χ1) is 8.95. The minimum Gasteiger partial charge on any atom is -0.435 e. The zero-order chi connectivity index (χ0) is 14.4. The van der Waals surface area contributed by atoms with Gasteiger partial charge >= 0.3 is 6.09 Å². The van der Waals surface area contributed by atoms with Crippen molar-refractivity contribution < 1.29 is 14.5 Å². The molecule has 19 heavy (non-hydrogen) atoms. The second-order valence-electron chi connectivity index (χ2n) is 3.49. The first-order valence-electron chi connectivity index (χ1n) is 5.26. The number of hydrogen-bond acceptors (Lipinski definition) is 4. The van der Waals surface area contributed by atoms with E-state index in [1.54, 1.807) is 13.0 Å². The normalized spacial score (nSPS) is 11.2. The molecule has 1 unspecified atom stereocenters. The van der Waals surface area contributed by atoms with E-state index in [1.807, 2.05) is 22.6 Å². The Morgan fingerprint density at radius 1 is 1.68 bits per heavy atom. The fourth-order valence-corrected chi connectivity index (χ4v) is 1.55. The summed E-state index contributed by atoms with van der Waals surface area (Å²) in [5.74, 6) is 2.32. The van der Waals surface area contributed by atoms with Gasteiger partial charge in [-0.1, -0.05) is 12.0 Å². The van der Waals surface area contributed by atoms with Crippen molar-refractivity contribution in [3.63, 3.8) is 0 Å². The summed E-state index contributed by atoms with van der Waals surface area (Å²) in [6, 6.07) is 5.65. The molecule has 0 fully saturated rings. The summed E-state index contributed by atoms with van der Waals surface area (Å²) < 4.78 is 4.70. The molecule has 0 heterocycles. The van der Waals surface area contributed by atoms with Crippen molar-refractivity contribution in [3.05, 3.63) is 34.4 Å². The summed E-state index contributed by atoms with van der Waals surface area (Å²) in [6.07, 6.45) is 4.56. The number of terminal acetylenes is 1. The second-order valence-corrected chi connectivity index (χ2v) is 5.25. The Bertz CT molecular complexity index is 525. The zero-order valence-corrected chi connectivity index (χ0v) is 12.2. The molecule has 1 rings (SSSR count). The van der Waals surface area contributed by atoms with Gasteiger partial charge in [0.2, 0.25) is 0 Å². The number of ether oxygens (including phenoxy) is 1. The van der Waals surface area contributed by atoms with Crippen LogP contribution in [0, 0.1) is 22.5 Å². The van der Waals surface area contributed by atoms with E-state index in [-0.39, 0.29) is 16.3 Å². The fraction of sp³-hybridized carbons (Fsp3) is 0.250. The lowest BCUT2D eigenvalue weighted by atomic mass is 10.2. The molecule has 1 atom stereocenters. The van der Waals surface area contributed by atoms with Gasteiger partial charge in [0.15, 0.2) is 4.11 Å². The van der Waals surface area contributed by atoms with E-state index in [0.29, 0.717) is 5.69 Å². The van der Waals surface area contributed by atoms with Crippen LogP contribution in [0.25, 0.3) is 0 Å². The van der Waals surface area contributed by atoms with Crippen LogP contribution in [-0.4, -0.2) is 21.7 Å². The maximum atomic E-state index is 11.9. The highest BCUT2D eigenvalue weighted by Crippen LogP contribution is 2.22. The summed E-state index contributed by atoms with van der Waals surface area (Å²) >= 11 is 1.93. The Hall–Kier alpha value is -1.82. The highest BCUT2D eigenvalue weighted by Gasteiger charge is 2.19. The molecule has 0 N–H and O–H groups in total. The lowest BCUT2D eigenvalue weighted by Gasteiger charge is -2.20. The Labute approximate surface area is 124 Å². The first kappa shape index (κ1) is 15.2. The monoisotopic (exact) mass is 374 g/mol. The molecule has 0 spiro atoms. The van der Waals surface area contributed by atoms with Gasteiger partial charge in [0, 0.05) is 12.1 Å². The Morgan fingerprint density at radius 3 is 2.89 bits per heavy atom. The number of alkyl halides is 1. The summed E-state index contributed by atoms with van der Waals surface area (Å²) in [6.45, 7) is 1.67. The van der Waals surface area contributed by atoms with E-state index in [0.717, 1.165) is 0 Å². The van der Waals surface area contributed by atoms with Crippen LogP contribution in [0.5, 0.6) is 0 Å². The van der Waals surface area contributed by atoms with Crippen LogP contribution >= 0.6 is 22.6 Å². The van der Waals surface area contributed by atoms with E-state index in [4.69, 9.17) is 11.2 Å². The number of carbonyl (C=O) groups is 1. The predicted molar refractivity (Wildman–Crippen MR) is 79.2 cm³/mol. The summed E-state index contributed by atoms with van der Waals surface area (Å²) in [5, 5.41) is 10.7. The molecule has 1 amide bonds. The Balaban J connectivity index is 3.05. The Kier molecular flexibility index (Phi) is 5.57. The molecule has 0 saturated heterocycles. The van der Waals surface area contributed by atoms with Crippen molar-refractivity contribution in [2.75, 3.05) is 11.4 Å². The van der Waals surface area contributed by atoms with E-state index in [1.165, 1.54) is 23.1 Å². The van der Waals surface area contributed by atoms with Gasteiger partial charge in [-0.3, -0.25) is 15.0 Å². The highest BCUT2D eigenvalue weighted by atomic mass is 127. The molecule has 0 saturated carbocycles. The van der Waals surface area contributed by atoms with Crippen molar-refractivity contribution >= 4 is 40.1 Å².